The van der Waals surface area contributed by atoms with Crippen LogP contribution < -0.4 is 15.5 Å². The van der Waals surface area contributed by atoms with Crippen molar-refractivity contribution in [1.29, 1.82) is 0 Å². The molecule has 4 aromatic rings. The van der Waals surface area contributed by atoms with Crippen molar-refractivity contribution in [2.24, 2.45) is 0 Å². The van der Waals surface area contributed by atoms with Gasteiger partial charge in [0.25, 0.3) is 5.91 Å². The Morgan fingerprint density at radius 2 is 2.06 bits per heavy atom. The van der Waals surface area contributed by atoms with Crippen LogP contribution in [0.5, 0.6) is 0 Å². The van der Waals surface area contributed by atoms with Gasteiger partial charge >= 0.3 is 6.09 Å². The van der Waals surface area contributed by atoms with E-state index in [4.69, 9.17) is 5.11 Å². The van der Waals surface area contributed by atoms with Gasteiger partial charge in [-0.05, 0) is 34.3 Å². The first-order valence-electron chi connectivity index (χ1n) is 11.3. The average Bonchev–Trinajstić information content (AvgIpc) is 3.47. The summed E-state index contributed by atoms with van der Waals surface area (Å²) < 4.78 is 2.50. The van der Waals surface area contributed by atoms with Crippen molar-refractivity contribution in [3.63, 3.8) is 0 Å². The zero-order valence-corrected chi connectivity index (χ0v) is 20.3. The molecule has 4 N–H and O–H groups in total. The lowest BCUT2D eigenvalue weighted by Crippen LogP contribution is -2.47. The molecule has 180 valence electrons. The van der Waals surface area contributed by atoms with Crippen molar-refractivity contribution < 1.29 is 14.7 Å². The normalized spacial score (nSPS) is 15.8. The SMILES string of the molecule is O=C(O)N[C@@H]1CCCN(c2c(Br)cnc3[nH]cc(NC(=O)c4cnn(Cc5ccccc5)c4)c23)C1. The Kier molecular flexibility index (Phi) is 6.41. The topological polar surface area (TPSA) is 128 Å². The Morgan fingerprint density at radius 1 is 1.23 bits per heavy atom. The first-order chi connectivity index (χ1) is 17.0. The third-order valence-electron chi connectivity index (χ3n) is 6.03. The summed E-state index contributed by atoms with van der Waals surface area (Å²) in [6.07, 6.45) is 7.29. The maximum atomic E-state index is 13.1. The van der Waals surface area contributed by atoms with Crippen molar-refractivity contribution in [2.75, 3.05) is 23.3 Å². The Labute approximate surface area is 209 Å². The van der Waals surface area contributed by atoms with Crippen LogP contribution in [0.25, 0.3) is 11.0 Å². The summed E-state index contributed by atoms with van der Waals surface area (Å²) in [5.41, 5.74) is 3.63. The van der Waals surface area contributed by atoms with Crippen molar-refractivity contribution in [2.45, 2.75) is 25.4 Å². The van der Waals surface area contributed by atoms with E-state index in [9.17, 15) is 9.59 Å². The van der Waals surface area contributed by atoms with Gasteiger partial charge in [-0.2, -0.15) is 5.10 Å². The molecule has 3 aromatic heterocycles. The van der Waals surface area contributed by atoms with E-state index in [1.807, 2.05) is 30.3 Å². The maximum absolute atomic E-state index is 13.1. The molecular formula is C24H24BrN7O3. The van der Waals surface area contributed by atoms with Crippen LogP contribution in [0.2, 0.25) is 0 Å². The molecule has 10 nitrogen and oxygen atoms in total. The van der Waals surface area contributed by atoms with E-state index in [-0.39, 0.29) is 11.9 Å². The molecule has 1 atom stereocenters. The van der Waals surface area contributed by atoms with Crippen LogP contribution in [0.4, 0.5) is 16.2 Å². The van der Waals surface area contributed by atoms with Gasteiger partial charge in [0.05, 0.1) is 39.5 Å². The standard InChI is InChI=1S/C24H24BrN7O3/c25-18-10-26-22-20(21(18)31-8-4-7-17(14-31)29-24(34)35)19(11-27-22)30-23(33)16-9-28-32(13-16)12-15-5-2-1-3-6-15/h1-3,5-6,9-11,13,17,29H,4,7-8,12,14H2,(H,26,27)(H,30,33)(H,34,35)/t17-/m1/s1. The number of piperidine rings is 1. The number of benzene rings is 1. The number of amides is 2. The summed E-state index contributed by atoms with van der Waals surface area (Å²) in [4.78, 5) is 33.9. The highest BCUT2D eigenvalue weighted by Crippen LogP contribution is 2.39. The molecule has 0 aliphatic carbocycles. The minimum absolute atomic E-state index is 0.177. The number of carbonyl (C=O) groups is 2. The zero-order valence-electron chi connectivity index (χ0n) is 18.7. The Hall–Kier alpha value is -3.86. The van der Waals surface area contributed by atoms with Crippen molar-refractivity contribution >= 4 is 50.3 Å². The number of nitrogens with zero attached hydrogens (tertiary/aromatic N) is 4. The minimum Gasteiger partial charge on any atom is -0.465 e. The summed E-state index contributed by atoms with van der Waals surface area (Å²) in [6.45, 7) is 1.86. The third-order valence-corrected chi connectivity index (χ3v) is 6.61. The fourth-order valence-corrected chi connectivity index (χ4v) is 5.02. The lowest BCUT2D eigenvalue weighted by atomic mass is 10.0. The van der Waals surface area contributed by atoms with Crippen LogP contribution in [0.15, 0.2) is 59.6 Å². The van der Waals surface area contributed by atoms with Crippen molar-refractivity contribution in [1.82, 2.24) is 25.1 Å². The number of rotatable bonds is 6. The number of fused-ring (bicyclic) bond motifs is 1. The number of hydrogen-bond acceptors (Lipinski definition) is 5. The molecule has 2 amide bonds. The molecule has 1 saturated heterocycles. The number of carbonyl (C=O) groups excluding carboxylic acids is 1. The van der Waals surface area contributed by atoms with Gasteiger partial charge in [-0.3, -0.25) is 9.48 Å². The Bertz CT molecular complexity index is 1370. The predicted molar refractivity (Wildman–Crippen MR) is 136 cm³/mol. The number of H-pyrrole nitrogens is 1. The van der Waals surface area contributed by atoms with E-state index in [1.54, 1.807) is 29.5 Å². The van der Waals surface area contributed by atoms with E-state index < -0.39 is 6.09 Å². The van der Waals surface area contributed by atoms with E-state index in [1.165, 1.54) is 0 Å². The molecule has 0 bridgehead atoms. The monoisotopic (exact) mass is 537 g/mol. The number of hydrogen-bond donors (Lipinski definition) is 4. The first kappa shape index (κ1) is 22.9. The number of carboxylic acid groups (broad SMARTS) is 1. The highest BCUT2D eigenvalue weighted by atomic mass is 79.9. The number of nitrogens with one attached hydrogen (secondary N) is 3. The summed E-state index contributed by atoms with van der Waals surface area (Å²) in [6, 6.07) is 9.74. The highest BCUT2D eigenvalue weighted by molar-refractivity contribution is 9.10. The fourth-order valence-electron chi connectivity index (χ4n) is 4.47. The minimum atomic E-state index is -1.03. The molecule has 11 heteroatoms. The van der Waals surface area contributed by atoms with E-state index >= 15 is 0 Å². The molecular weight excluding hydrogens is 514 g/mol. The largest absolute Gasteiger partial charge is 0.465 e. The van der Waals surface area contributed by atoms with Gasteiger partial charge in [-0.1, -0.05) is 30.3 Å². The molecule has 1 aliphatic heterocycles. The number of aromatic nitrogens is 4. The molecule has 0 unspecified atom stereocenters. The summed E-state index contributed by atoms with van der Waals surface area (Å²) in [7, 11) is 0. The van der Waals surface area contributed by atoms with Gasteiger partial charge in [-0.25, -0.2) is 9.78 Å². The molecule has 5 rings (SSSR count). The fraction of sp³-hybridized carbons (Fsp3) is 0.250. The van der Waals surface area contributed by atoms with Crippen LogP contribution >= 0.6 is 15.9 Å². The second-order valence-corrected chi connectivity index (χ2v) is 9.34. The summed E-state index contributed by atoms with van der Waals surface area (Å²) >= 11 is 3.61. The van der Waals surface area contributed by atoms with Crippen LogP contribution in [0, 0.1) is 0 Å². The van der Waals surface area contributed by atoms with Crippen LogP contribution in [0.1, 0.15) is 28.8 Å². The molecule has 0 radical (unpaired) electrons. The second kappa shape index (κ2) is 9.79. The van der Waals surface area contributed by atoms with Crippen LogP contribution in [-0.2, 0) is 6.54 Å². The van der Waals surface area contributed by atoms with Gasteiger partial charge in [0, 0.05) is 37.7 Å². The van der Waals surface area contributed by atoms with Crippen LogP contribution in [0.3, 0.4) is 0 Å². The molecule has 1 aromatic carbocycles. The van der Waals surface area contributed by atoms with E-state index in [2.05, 4.69) is 46.5 Å². The Morgan fingerprint density at radius 3 is 2.86 bits per heavy atom. The van der Waals surface area contributed by atoms with Gasteiger partial charge < -0.3 is 25.6 Å². The molecule has 4 heterocycles. The van der Waals surface area contributed by atoms with Crippen molar-refractivity contribution in [3.8, 4) is 0 Å². The number of aromatic amines is 1. The lowest BCUT2D eigenvalue weighted by molar-refractivity contribution is 0.102. The lowest BCUT2D eigenvalue weighted by Gasteiger charge is -2.35. The second-order valence-electron chi connectivity index (χ2n) is 8.48. The number of anilines is 2. The number of pyridine rings is 1. The van der Waals surface area contributed by atoms with E-state index in [0.717, 1.165) is 40.5 Å². The van der Waals surface area contributed by atoms with E-state index in [0.29, 0.717) is 30.0 Å². The summed E-state index contributed by atoms with van der Waals surface area (Å²) in [5.74, 6) is -0.278. The predicted octanol–water partition coefficient (Wildman–Crippen LogP) is 4.06. The molecule has 35 heavy (non-hydrogen) atoms. The smallest absolute Gasteiger partial charge is 0.404 e. The number of halogens is 1. The molecule has 1 fully saturated rings. The van der Waals surface area contributed by atoms with Gasteiger partial charge in [0.1, 0.15) is 5.65 Å². The van der Waals surface area contributed by atoms with Crippen molar-refractivity contribution in [3.05, 3.63) is 70.7 Å². The quantitative estimate of drug-likeness (QED) is 0.293. The highest BCUT2D eigenvalue weighted by Gasteiger charge is 2.26. The van der Waals surface area contributed by atoms with Crippen LogP contribution in [-0.4, -0.2) is 56.0 Å². The third kappa shape index (κ3) is 4.99. The average molecular weight is 538 g/mol. The van der Waals surface area contributed by atoms with Gasteiger partial charge in [-0.15, -0.1) is 0 Å². The zero-order chi connectivity index (χ0) is 24.4. The first-order valence-corrected chi connectivity index (χ1v) is 12.0. The van der Waals surface area contributed by atoms with Gasteiger partial charge in [0.15, 0.2) is 0 Å². The molecule has 1 aliphatic rings. The van der Waals surface area contributed by atoms with Gasteiger partial charge in [0.2, 0.25) is 0 Å². The summed E-state index contributed by atoms with van der Waals surface area (Å²) in [5, 5.41) is 19.8. The maximum Gasteiger partial charge on any atom is 0.404 e. The molecule has 0 saturated carbocycles. The molecule has 0 spiro atoms. The Balaban J connectivity index is 1.39.